The fourth-order valence-corrected chi connectivity index (χ4v) is 5.16. The molecule has 2 saturated heterocycles. The van der Waals surface area contributed by atoms with Crippen LogP contribution in [0.15, 0.2) is 0 Å². The van der Waals surface area contributed by atoms with Crippen molar-refractivity contribution in [2.75, 3.05) is 32.8 Å². The van der Waals surface area contributed by atoms with Crippen molar-refractivity contribution in [3.8, 4) is 0 Å². The maximum absolute atomic E-state index is 12.6. The van der Waals surface area contributed by atoms with Crippen molar-refractivity contribution in [3.63, 3.8) is 0 Å². The lowest BCUT2D eigenvalue weighted by Gasteiger charge is -2.51. The van der Waals surface area contributed by atoms with Crippen molar-refractivity contribution in [3.05, 3.63) is 0 Å². The number of amides is 2. The number of rotatable bonds is 4. The molecule has 0 radical (unpaired) electrons. The molecule has 1 spiro atoms. The van der Waals surface area contributed by atoms with Gasteiger partial charge in [-0.1, -0.05) is 0 Å². The number of nitrogens with one attached hydrogen (secondary N) is 1. The second-order valence-electron chi connectivity index (χ2n) is 9.23. The Balaban J connectivity index is 1.29. The molecular weight excluding hydrogens is 342 g/mol. The molecule has 0 aromatic heterocycles. The zero-order chi connectivity index (χ0) is 20.9. The van der Waals surface area contributed by atoms with Crippen LogP contribution in [0, 0.1) is 11.3 Å². The minimum Gasteiger partial charge on any atom is -0.450 e. The predicted molar refractivity (Wildman–Crippen MR) is 103 cm³/mol. The Labute approximate surface area is 165 Å². The number of likely N-dealkylation sites (tertiary alicyclic amines) is 2. The first-order valence-electron chi connectivity index (χ1n) is 11.7. The highest BCUT2D eigenvalue weighted by Gasteiger charge is 2.51. The summed E-state index contributed by atoms with van der Waals surface area (Å²) in [7, 11) is 0. The van der Waals surface area contributed by atoms with Crippen LogP contribution in [0.1, 0.15) is 67.9 Å². The zero-order valence-corrected chi connectivity index (χ0v) is 16.8. The van der Waals surface area contributed by atoms with Gasteiger partial charge in [-0.3, -0.25) is 4.79 Å². The Morgan fingerprint density at radius 2 is 1.96 bits per heavy atom. The van der Waals surface area contributed by atoms with Gasteiger partial charge in [-0.15, -0.1) is 0 Å². The molecule has 2 unspecified atom stereocenters. The Morgan fingerprint density at radius 3 is 2.56 bits per heavy atom. The summed E-state index contributed by atoms with van der Waals surface area (Å²) in [6.45, 7) is 6.84. The normalized spacial score (nSPS) is 36.4. The van der Waals surface area contributed by atoms with E-state index in [-0.39, 0.29) is 29.5 Å². The molecule has 4 fully saturated rings. The number of carbonyl (C=O) groups is 2. The van der Waals surface area contributed by atoms with E-state index in [0.29, 0.717) is 26.1 Å². The third-order valence-electron chi connectivity index (χ3n) is 7.16. The van der Waals surface area contributed by atoms with Crippen molar-refractivity contribution in [2.24, 2.45) is 11.3 Å². The second kappa shape index (κ2) is 7.26. The highest BCUT2D eigenvalue weighted by Crippen LogP contribution is 2.50. The molecule has 2 amide bonds. The van der Waals surface area contributed by atoms with E-state index in [1.165, 1.54) is 6.42 Å². The molecule has 0 aromatic carbocycles. The summed E-state index contributed by atoms with van der Waals surface area (Å²) in [5.74, 6) is 0.232. The summed E-state index contributed by atoms with van der Waals surface area (Å²) >= 11 is 0. The topological polar surface area (TPSA) is 61.9 Å². The number of carbonyl (C=O) groups excluding carboxylic acids is 2. The lowest BCUT2D eigenvalue weighted by Crippen LogP contribution is -2.56. The summed E-state index contributed by atoms with van der Waals surface area (Å²) < 4.78 is 22.7. The van der Waals surface area contributed by atoms with Crippen LogP contribution in [0.5, 0.6) is 0 Å². The van der Waals surface area contributed by atoms with Crippen LogP contribution in [-0.2, 0) is 9.53 Å². The zero-order valence-electron chi connectivity index (χ0n) is 18.8. The fourth-order valence-electron chi connectivity index (χ4n) is 5.16. The quantitative estimate of drug-likeness (QED) is 0.816. The van der Waals surface area contributed by atoms with Gasteiger partial charge in [0.25, 0.3) is 0 Å². The van der Waals surface area contributed by atoms with E-state index in [1.54, 1.807) is 11.8 Å². The third kappa shape index (κ3) is 3.82. The molecule has 2 heterocycles. The summed E-state index contributed by atoms with van der Waals surface area (Å²) in [6.07, 6.45) is 4.79. The lowest BCUT2D eigenvalue weighted by atomic mass is 9.64. The van der Waals surface area contributed by atoms with Gasteiger partial charge < -0.3 is 19.9 Å². The smallest absolute Gasteiger partial charge is 0.409 e. The Hall–Kier alpha value is -1.30. The first-order valence-corrected chi connectivity index (χ1v) is 10.7. The van der Waals surface area contributed by atoms with E-state index in [0.717, 1.165) is 45.2 Å². The van der Waals surface area contributed by atoms with Gasteiger partial charge in [-0.25, -0.2) is 4.79 Å². The molecule has 2 atom stereocenters. The fraction of sp³-hybridized carbons (Fsp3) is 0.905. The van der Waals surface area contributed by atoms with Gasteiger partial charge in [0.1, 0.15) is 0 Å². The van der Waals surface area contributed by atoms with Crippen LogP contribution in [0.2, 0.25) is 0 Å². The van der Waals surface area contributed by atoms with E-state index >= 15 is 0 Å². The molecule has 6 heteroatoms. The standard InChI is InChI=1S/C21H35N3O3/c1-3-27-19(26)24-12-9-21(15-24)13-17(14-21)23-10-5-16(6-11-23)18(25)22-20(2)7-4-8-20/h16-17H,3-15H2,1-2H3,(H,22,25)/i13D2. The van der Waals surface area contributed by atoms with Crippen LogP contribution in [0.4, 0.5) is 4.79 Å². The summed E-state index contributed by atoms with van der Waals surface area (Å²) in [5, 5.41) is 3.24. The molecule has 1 N–H and O–H groups in total. The largest absolute Gasteiger partial charge is 0.450 e. The van der Waals surface area contributed by atoms with Crippen LogP contribution < -0.4 is 5.32 Å². The molecule has 2 aliphatic heterocycles. The lowest BCUT2D eigenvalue weighted by molar-refractivity contribution is -0.130. The van der Waals surface area contributed by atoms with Gasteiger partial charge in [0.05, 0.1) is 6.61 Å². The monoisotopic (exact) mass is 379 g/mol. The Bertz CT molecular complexity index is 662. The minimum absolute atomic E-state index is 0.000640. The van der Waals surface area contributed by atoms with Gasteiger partial charge in [-0.2, -0.15) is 0 Å². The van der Waals surface area contributed by atoms with E-state index in [9.17, 15) is 9.59 Å². The average molecular weight is 380 g/mol. The summed E-state index contributed by atoms with van der Waals surface area (Å²) in [5.41, 5.74) is -0.448. The van der Waals surface area contributed by atoms with Gasteiger partial charge in [-0.05, 0) is 83.7 Å². The van der Waals surface area contributed by atoms with Crippen molar-refractivity contribution in [1.82, 2.24) is 15.1 Å². The van der Waals surface area contributed by atoms with Crippen molar-refractivity contribution < 1.29 is 17.1 Å². The molecular formula is C21H35N3O3. The Kier molecular flexibility index (Phi) is 4.48. The highest BCUT2D eigenvalue weighted by molar-refractivity contribution is 5.79. The molecule has 2 saturated carbocycles. The molecule has 6 nitrogen and oxygen atoms in total. The van der Waals surface area contributed by atoms with Crippen molar-refractivity contribution >= 4 is 12.0 Å². The number of ether oxygens (including phenoxy) is 1. The van der Waals surface area contributed by atoms with E-state index in [1.807, 2.05) is 0 Å². The molecule has 2 aliphatic carbocycles. The summed E-state index contributed by atoms with van der Waals surface area (Å²) in [6, 6.07) is -0.113. The van der Waals surface area contributed by atoms with E-state index in [4.69, 9.17) is 7.48 Å². The van der Waals surface area contributed by atoms with Crippen molar-refractivity contribution in [1.29, 1.82) is 0 Å². The molecule has 4 rings (SSSR count). The number of piperidine rings is 1. The third-order valence-corrected chi connectivity index (χ3v) is 7.16. The number of hydrogen-bond acceptors (Lipinski definition) is 4. The first kappa shape index (κ1) is 16.6. The summed E-state index contributed by atoms with van der Waals surface area (Å²) in [4.78, 5) is 28.5. The van der Waals surface area contributed by atoms with E-state index in [2.05, 4.69) is 17.1 Å². The van der Waals surface area contributed by atoms with Gasteiger partial charge in [0, 0.05) is 33.3 Å². The van der Waals surface area contributed by atoms with Gasteiger partial charge in [0.15, 0.2) is 0 Å². The molecule has 4 aliphatic rings. The Morgan fingerprint density at radius 1 is 1.22 bits per heavy atom. The van der Waals surface area contributed by atoms with Gasteiger partial charge in [0.2, 0.25) is 5.91 Å². The number of nitrogens with zero attached hydrogens (tertiary/aromatic N) is 2. The van der Waals surface area contributed by atoms with Crippen LogP contribution in [0.3, 0.4) is 0 Å². The maximum Gasteiger partial charge on any atom is 0.409 e. The molecule has 0 aromatic rings. The van der Waals surface area contributed by atoms with Crippen LogP contribution >= 0.6 is 0 Å². The predicted octanol–water partition coefficient (Wildman–Crippen LogP) is 2.77. The van der Waals surface area contributed by atoms with Crippen molar-refractivity contribution in [2.45, 2.75) is 76.7 Å². The van der Waals surface area contributed by atoms with E-state index < -0.39 is 11.8 Å². The molecule has 27 heavy (non-hydrogen) atoms. The first-order chi connectivity index (χ1) is 13.7. The van der Waals surface area contributed by atoms with Crippen LogP contribution in [0.25, 0.3) is 0 Å². The maximum atomic E-state index is 12.6. The second-order valence-corrected chi connectivity index (χ2v) is 9.23. The highest BCUT2D eigenvalue weighted by atomic mass is 16.6. The molecule has 152 valence electrons. The number of hydrogen-bond donors (Lipinski definition) is 1. The SMILES string of the molecule is [2H]C1([2H])C(N2CCC(C(=O)NC3(C)CCC3)CC2)CC12CCN(C(=O)OCC)C2. The van der Waals surface area contributed by atoms with Gasteiger partial charge >= 0.3 is 6.09 Å². The average Bonchev–Trinajstić information content (AvgIpc) is 3.13. The molecule has 0 bridgehead atoms. The van der Waals surface area contributed by atoms with Crippen LogP contribution in [-0.4, -0.2) is 66.2 Å². The minimum atomic E-state index is -1.32.